The van der Waals surface area contributed by atoms with Gasteiger partial charge in [0.25, 0.3) is 0 Å². The fourth-order valence-electron chi connectivity index (χ4n) is 10.9. The first-order chi connectivity index (χ1) is 49.1. The molecule has 526 valence electrons. The fraction of sp³-hybridized carbons (Fsp3) is 0.235. The van der Waals surface area contributed by atoms with Gasteiger partial charge in [-0.05, 0) is 154 Å². The average Bonchev–Trinajstić information content (AvgIpc) is 0.817. The molecule has 0 saturated carbocycles. The maximum atomic E-state index is 12.5. The van der Waals surface area contributed by atoms with Gasteiger partial charge in [-0.3, -0.25) is 4.79 Å². The first-order valence-corrected chi connectivity index (χ1v) is 33.1. The van der Waals surface area contributed by atoms with Gasteiger partial charge in [0.05, 0.1) is 55.8 Å². The van der Waals surface area contributed by atoms with Crippen molar-refractivity contribution >= 4 is 18.1 Å². The highest BCUT2D eigenvalue weighted by Crippen LogP contribution is 2.42. The van der Waals surface area contributed by atoms with Gasteiger partial charge in [0.2, 0.25) is 17.4 Å². The van der Waals surface area contributed by atoms with Crippen molar-refractivity contribution in [1.29, 1.82) is 0 Å². The number of carbonyl (C=O) groups excluding carboxylic acids is 1. The Kier molecular flexibility index (Phi) is 30.3. The van der Waals surface area contributed by atoms with Crippen molar-refractivity contribution in [2.75, 3.05) is 69.4 Å². The van der Waals surface area contributed by atoms with Crippen LogP contribution in [0.1, 0.15) is 74.7 Å². The van der Waals surface area contributed by atoms with E-state index in [1.165, 1.54) is 17.2 Å². The highest BCUT2D eigenvalue weighted by molar-refractivity contribution is 5.92. The van der Waals surface area contributed by atoms with Gasteiger partial charge in [-0.25, -0.2) is 0 Å². The SMILES string of the molecule is C.COc1cc2c(cc1OCc1ccccc1)CCNC2/C=C/c1cc(OC)c(OCc2ccccc2)c(OC)c1.COc1ccc(CCN)cc1OCc1ccccc1.COc1ccc(CCNC(=O)/C=C/c2cc(OC)c(OCc3ccccc3)c(OC)c2)cc1OCc1ccccc1. The number of nitrogens with one attached hydrogen (secondary N) is 2. The van der Waals surface area contributed by atoms with E-state index in [0.29, 0.717) is 98.5 Å². The summed E-state index contributed by atoms with van der Waals surface area (Å²) in [6.07, 6.45) is 9.82. The number of benzene rings is 10. The van der Waals surface area contributed by atoms with Gasteiger partial charge in [-0.15, -0.1) is 0 Å². The van der Waals surface area contributed by atoms with Gasteiger partial charge in [0.15, 0.2) is 57.5 Å². The average molecular weight is 1360 g/mol. The van der Waals surface area contributed by atoms with E-state index in [1.54, 1.807) is 68.0 Å². The molecule has 11 rings (SSSR count). The van der Waals surface area contributed by atoms with Crippen LogP contribution in [0, 0.1) is 0 Å². The van der Waals surface area contributed by atoms with Gasteiger partial charge in [0.1, 0.15) is 33.0 Å². The van der Waals surface area contributed by atoms with Crippen molar-refractivity contribution in [3.8, 4) is 69.0 Å². The Morgan fingerprint density at radius 2 is 0.772 bits per heavy atom. The Balaban J connectivity index is 0.000000204. The molecular formula is C85H93N3O13. The Morgan fingerprint density at radius 1 is 0.406 bits per heavy atom. The maximum absolute atomic E-state index is 12.5. The van der Waals surface area contributed by atoms with Crippen LogP contribution >= 0.6 is 0 Å². The molecule has 0 fully saturated rings. The van der Waals surface area contributed by atoms with Crippen LogP contribution < -0.4 is 73.2 Å². The Bertz CT molecular complexity index is 4150. The normalized spacial score (nSPS) is 12.0. The molecule has 1 aliphatic rings. The summed E-state index contributed by atoms with van der Waals surface area (Å²) in [5.74, 6) is 7.48. The largest absolute Gasteiger partial charge is 0.493 e. The number of nitrogens with two attached hydrogens (primary N) is 1. The quantitative estimate of drug-likeness (QED) is 0.0349. The summed E-state index contributed by atoms with van der Waals surface area (Å²) in [4.78, 5) is 12.5. The first-order valence-electron chi connectivity index (χ1n) is 33.1. The van der Waals surface area contributed by atoms with E-state index >= 15 is 0 Å². The molecule has 0 bridgehead atoms. The summed E-state index contributed by atoms with van der Waals surface area (Å²) in [7, 11) is 11.4. The van der Waals surface area contributed by atoms with E-state index in [2.05, 4.69) is 47.1 Å². The molecule has 10 aromatic rings. The molecule has 1 unspecified atom stereocenters. The van der Waals surface area contributed by atoms with Crippen LogP contribution in [0.4, 0.5) is 0 Å². The second-order valence-corrected chi connectivity index (χ2v) is 23.0. The molecule has 10 aromatic carbocycles. The minimum Gasteiger partial charge on any atom is -0.493 e. The van der Waals surface area contributed by atoms with Crippen LogP contribution in [0.5, 0.6) is 69.0 Å². The molecule has 16 nitrogen and oxygen atoms in total. The maximum Gasteiger partial charge on any atom is 0.244 e. The number of fused-ring (bicyclic) bond motifs is 1. The lowest BCUT2D eigenvalue weighted by atomic mass is 9.93. The number of rotatable bonds is 31. The summed E-state index contributed by atoms with van der Waals surface area (Å²) in [5.41, 5.74) is 17.3. The van der Waals surface area contributed by atoms with Crippen molar-refractivity contribution < 1.29 is 61.6 Å². The summed E-state index contributed by atoms with van der Waals surface area (Å²) in [6.45, 7) is 4.22. The molecule has 101 heavy (non-hydrogen) atoms. The molecule has 4 N–H and O–H groups in total. The number of amides is 1. The Hall–Kier alpha value is -11.3. The third-order valence-corrected chi connectivity index (χ3v) is 16.2. The van der Waals surface area contributed by atoms with E-state index in [4.69, 9.17) is 62.6 Å². The second kappa shape index (κ2) is 40.5. The van der Waals surface area contributed by atoms with Crippen LogP contribution in [-0.4, -0.2) is 75.3 Å². The molecule has 0 saturated heterocycles. The monoisotopic (exact) mass is 1360 g/mol. The predicted octanol–water partition coefficient (Wildman–Crippen LogP) is 16.4. The van der Waals surface area contributed by atoms with Crippen molar-refractivity contribution in [1.82, 2.24) is 10.6 Å². The third kappa shape index (κ3) is 22.9. The van der Waals surface area contributed by atoms with E-state index in [-0.39, 0.29) is 19.4 Å². The number of ether oxygens (including phenoxy) is 12. The summed E-state index contributed by atoms with van der Waals surface area (Å²) in [6, 6.07) is 73.5. The minimum absolute atomic E-state index is 0. The molecule has 1 atom stereocenters. The lowest BCUT2D eigenvalue weighted by Gasteiger charge is -2.26. The molecule has 1 aliphatic heterocycles. The van der Waals surface area contributed by atoms with Gasteiger partial charge in [0, 0.05) is 19.2 Å². The lowest BCUT2D eigenvalue weighted by Crippen LogP contribution is -2.28. The van der Waals surface area contributed by atoms with E-state index < -0.39 is 0 Å². The predicted molar refractivity (Wildman–Crippen MR) is 401 cm³/mol. The number of carbonyl (C=O) groups is 1. The minimum atomic E-state index is -0.207. The Morgan fingerprint density at radius 3 is 1.16 bits per heavy atom. The Labute approximate surface area is 595 Å². The molecule has 1 amide bonds. The van der Waals surface area contributed by atoms with Crippen molar-refractivity contribution in [3.05, 3.63) is 298 Å². The fourth-order valence-corrected chi connectivity index (χ4v) is 10.9. The van der Waals surface area contributed by atoms with Crippen LogP contribution in [0.25, 0.3) is 12.2 Å². The summed E-state index contributed by atoms with van der Waals surface area (Å²) < 4.78 is 69.0. The zero-order valence-electron chi connectivity index (χ0n) is 57.9. The zero-order valence-corrected chi connectivity index (χ0v) is 57.9. The van der Waals surface area contributed by atoms with Crippen LogP contribution in [0.3, 0.4) is 0 Å². The molecule has 16 heteroatoms. The number of methoxy groups -OCH3 is 7. The molecule has 0 aromatic heterocycles. The molecule has 0 aliphatic carbocycles. The third-order valence-electron chi connectivity index (χ3n) is 16.2. The topological polar surface area (TPSA) is 178 Å². The molecule has 0 spiro atoms. The van der Waals surface area contributed by atoms with Gasteiger partial charge in [-0.1, -0.05) is 183 Å². The van der Waals surface area contributed by atoms with E-state index in [1.807, 2.05) is 188 Å². The van der Waals surface area contributed by atoms with Crippen molar-refractivity contribution in [2.24, 2.45) is 5.73 Å². The molecule has 1 heterocycles. The summed E-state index contributed by atoms with van der Waals surface area (Å²) >= 11 is 0. The van der Waals surface area contributed by atoms with Crippen LogP contribution in [0.15, 0.2) is 237 Å². The summed E-state index contributed by atoms with van der Waals surface area (Å²) in [5, 5.41) is 6.54. The second-order valence-electron chi connectivity index (χ2n) is 23.0. The standard InChI is InChI=1S/C34H35NO6.C34H35NO5.C16H19NO2.CH4/c1-37-29-16-14-25(20-30(29)40-23-26-10-6-4-7-11-26)18-19-35-33(36)17-15-28-21-31(38-2)34(32(22-28)39-3)41-24-27-12-8-5-9-13-27;1-36-30-21-28-27(20-31(30)39-22-24-10-6-4-7-11-24)16-17-35-29(28)15-14-26-18-32(37-2)34(33(19-26)38-3)40-23-25-12-8-5-9-13-25;1-18-15-8-7-13(9-10-17)11-16(15)19-12-14-5-3-2-4-6-14;/h4-17,20-22H,18-19,23-24H2,1-3H3,(H,35,36);4-15,18-21,29,35H,16-17,22-23H2,1-3H3;2-8,11H,9-10,12,17H2,1H3;1H4/b17-15+;15-14+;;. The highest BCUT2D eigenvalue weighted by Gasteiger charge is 2.23. The number of hydrogen-bond acceptors (Lipinski definition) is 15. The highest BCUT2D eigenvalue weighted by atomic mass is 16.5. The van der Waals surface area contributed by atoms with Gasteiger partial charge >= 0.3 is 0 Å². The lowest BCUT2D eigenvalue weighted by molar-refractivity contribution is -0.116. The van der Waals surface area contributed by atoms with Crippen LogP contribution in [-0.2, 0) is 57.1 Å². The van der Waals surface area contributed by atoms with Gasteiger partial charge in [-0.2, -0.15) is 0 Å². The van der Waals surface area contributed by atoms with E-state index in [0.717, 1.165) is 92.5 Å². The molecule has 0 radical (unpaired) electrons. The molecular weight excluding hydrogens is 1270 g/mol. The number of hydrogen-bond donors (Lipinski definition) is 3. The smallest absolute Gasteiger partial charge is 0.244 e. The van der Waals surface area contributed by atoms with Gasteiger partial charge < -0.3 is 73.2 Å². The zero-order chi connectivity index (χ0) is 70.1. The van der Waals surface area contributed by atoms with Crippen molar-refractivity contribution in [3.63, 3.8) is 0 Å². The van der Waals surface area contributed by atoms with E-state index in [9.17, 15) is 4.79 Å². The van der Waals surface area contributed by atoms with Crippen LogP contribution in [0.2, 0.25) is 0 Å². The first kappa shape index (κ1) is 75.4. The van der Waals surface area contributed by atoms with Crippen molar-refractivity contribution in [2.45, 2.75) is 65.8 Å².